The van der Waals surface area contributed by atoms with Gasteiger partial charge < -0.3 is 9.72 Å². The number of hydrogen-bond donors (Lipinski definition) is 1. The van der Waals surface area contributed by atoms with E-state index in [9.17, 15) is 14.4 Å². The van der Waals surface area contributed by atoms with E-state index in [1.807, 2.05) is 31.2 Å². The molecule has 0 bridgehead atoms. The van der Waals surface area contributed by atoms with E-state index in [2.05, 4.69) is 4.98 Å². The van der Waals surface area contributed by atoms with Crippen molar-refractivity contribution in [3.63, 3.8) is 0 Å². The van der Waals surface area contributed by atoms with Crippen molar-refractivity contribution in [1.29, 1.82) is 0 Å². The molecule has 0 saturated heterocycles. The number of allylic oxidation sites excluding steroid dienone is 2. The summed E-state index contributed by atoms with van der Waals surface area (Å²) in [5.41, 5.74) is 3.06. The van der Waals surface area contributed by atoms with Gasteiger partial charge in [-0.3, -0.25) is 14.4 Å². The summed E-state index contributed by atoms with van der Waals surface area (Å²) in [5, 5.41) is 0.817. The summed E-state index contributed by atoms with van der Waals surface area (Å²) in [6, 6.07) is 7.54. The summed E-state index contributed by atoms with van der Waals surface area (Å²) >= 11 is 0. The van der Waals surface area contributed by atoms with Crippen LogP contribution in [0.25, 0.3) is 16.5 Å². The van der Waals surface area contributed by atoms with Gasteiger partial charge in [0.2, 0.25) is 0 Å². The Bertz CT molecular complexity index is 918. The molecule has 1 N–H and O–H groups in total. The Hall–Kier alpha value is -2.69. The Morgan fingerprint density at radius 3 is 2.74 bits per heavy atom. The predicted octanol–water partition coefficient (Wildman–Crippen LogP) is 2.52. The SMILES string of the molecule is COC(=O)C1C(=O)C2=C(CC1C)c1[nH]c3ccccc3c1C2=O. The number of Topliss-reactive ketones (excluding diaryl/α,β-unsaturated/α-hetero) is 2. The minimum atomic E-state index is -0.891. The van der Waals surface area contributed by atoms with Gasteiger partial charge in [-0.05, 0) is 24.0 Å². The third-order valence-electron chi connectivity index (χ3n) is 4.84. The number of aromatic amines is 1. The van der Waals surface area contributed by atoms with Crippen molar-refractivity contribution < 1.29 is 19.1 Å². The van der Waals surface area contributed by atoms with Crippen LogP contribution in [-0.4, -0.2) is 29.6 Å². The monoisotopic (exact) mass is 309 g/mol. The number of rotatable bonds is 1. The van der Waals surface area contributed by atoms with Crippen LogP contribution in [0.3, 0.4) is 0 Å². The first-order chi connectivity index (χ1) is 11.0. The number of fused-ring (bicyclic) bond motifs is 4. The zero-order valence-electron chi connectivity index (χ0n) is 12.8. The molecule has 0 amide bonds. The van der Waals surface area contributed by atoms with Gasteiger partial charge in [0.1, 0.15) is 5.92 Å². The zero-order chi connectivity index (χ0) is 16.3. The molecular formula is C18H15NO4. The summed E-state index contributed by atoms with van der Waals surface area (Å²) in [6.45, 7) is 1.84. The highest BCUT2D eigenvalue weighted by molar-refractivity contribution is 6.40. The maximum Gasteiger partial charge on any atom is 0.316 e. The minimum absolute atomic E-state index is 0.158. The molecule has 23 heavy (non-hydrogen) atoms. The molecule has 0 aliphatic heterocycles. The Balaban J connectivity index is 1.90. The van der Waals surface area contributed by atoms with Gasteiger partial charge in [0.05, 0.1) is 23.9 Å². The van der Waals surface area contributed by atoms with Gasteiger partial charge in [0.15, 0.2) is 11.6 Å². The lowest BCUT2D eigenvalue weighted by Gasteiger charge is -2.26. The predicted molar refractivity (Wildman–Crippen MR) is 83.8 cm³/mol. The summed E-state index contributed by atoms with van der Waals surface area (Å²) in [7, 11) is 1.26. The fourth-order valence-corrected chi connectivity index (χ4v) is 3.78. The molecule has 2 aromatic rings. The second-order valence-corrected chi connectivity index (χ2v) is 6.15. The van der Waals surface area contributed by atoms with Crippen molar-refractivity contribution in [2.24, 2.45) is 11.8 Å². The number of carbonyl (C=O) groups is 3. The number of H-pyrrole nitrogens is 1. The lowest BCUT2D eigenvalue weighted by atomic mass is 9.76. The van der Waals surface area contributed by atoms with Gasteiger partial charge in [0.25, 0.3) is 0 Å². The quantitative estimate of drug-likeness (QED) is 0.499. The number of ether oxygens (including phenoxy) is 1. The smallest absolute Gasteiger partial charge is 0.316 e. The standard InChI is InChI=1S/C18H15NO4/c1-8-7-10-14(16(20)12(8)18(22)23-2)17(21)13-9-5-3-4-6-11(9)19-15(10)13/h3-6,8,12,19H,7H2,1-2H3. The van der Waals surface area contributed by atoms with E-state index in [1.165, 1.54) is 7.11 Å². The van der Waals surface area contributed by atoms with E-state index in [-0.39, 0.29) is 17.3 Å². The molecule has 5 nitrogen and oxygen atoms in total. The number of para-hydroxylation sites is 1. The molecule has 2 unspecified atom stereocenters. The number of esters is 1. The Morgan fingerprint density at radius 1 is 1.26 bits per heavy atom. The first kappa shape index (κ1) is 13.9. The zero-order valence-corrected chi connectivity index (χ0v) is 12.8. The largest absolute Gasteiger partial charge is 0.468 e. The van der Waals surface area contributed by atoms with E-state index in [0.717, 1.165) is 22.2 Å². The summed E-state index contributed by atoms with van der Waals surface area (Å²) in [5.74, 6) is -2.35. The van der Waals surface area contributed by atoms with E-state index >= 15 is 0 Å². The average molecular weight is 309 g/mol. The van der Waals surface area contributed by atoms with Crippen molar-refractivity contribution in [1.82, 2.24) is 4.98 Å². The molecule has 0 saturated carbocycles. The van der Waals surface area contributed by atoms with Crippen LogP contribution >= 0.6 is 0 Å². The fourth-order valence-electron chi connectivity index (χ4n) is 3.78. The van der Waals surface area contributed by atoms with Crippen LogP contribution in [-0.2, 0) is 14.3 Å². The Kier molecular flexibility index (Phi) is 2.82. The minimum Gasteiger partial charge on any atom is -0.468 e. The molecule has 1 heterocycles. The maximum atomic E-state index is 12.8. The highest BCUT2D eigenvalue weighted by Gasteiger charge is 2.47. The number of benzene rings is 1. The van der Waals surface area contributed by atoms with Crippen molar-refractivity contribution in [2.45, 2.75) is 13.3 Å². The third kappa shape index (κ3) is 1.70. The molecule has 116 valence electrons. The van der Waals surface area contributed by atoms with Gasteiger partial charge in [-0.2, -0.15) is 0 Å². The Labute approximate surface area is 132 Å². The molecule has 2 aliphatic rings. The number of ketones is 2. The molecule has 2 atom stereocenters. The van der Waals surface area contributed by atoms with Crippen LogP contribution in [0.4, 0.5) is 0 Å². The topological polar surface area (TPSA) is 76.2 Å². The number of nitrogens with one attached hydrogen (secondary N) is 1. The Morgan fingerprint density at radius 2 is 2.00 bits per heavy atom. The van der Waals surface area contributed by atoms with Crippen LogP contribution in [0, 0.1) is 11.8 Å². The molecule has 0 radical (unpaired) electrons. The number of hydrogen-bond acceptors (Lipinski definition) is 4. The van der Waals surface area contributed by atoms with Gasteiger partial charge in [-0.1, -0.05) is 25.1 Å². The number of carbonyl (C=O) groups excluding carboxylic acids is 3. The van der Waals surface area contributed by atoms with E-state index < -0.39 is 17.7 Å². The molecule has 4 rings (SSSR count). The van der Waals surface area contributed by atoms with Gasteiger partial charge in [0, 0.05) is 10.9 Å². The molecule has 5 heteroatoms. The van der Waals surface area contributed by atoms with Gasteiger partial charge in [-0.25, -0.2) is 0 Å². The molecular weight excluding hydrogens is 294 g/mol. The van der Waals surface area contributed by atoms with Crippen LogP contribution in [0.1, 0.15) is 29.4 Å². The highest BCUT2D eigenvalue weighted by Crippen LogP contribution is 2.46. The average Bonchev–Trinajstić information content (AvgIpc) is 3.04. The highest BCUT2D eigenvalue weighted by atomic mass is 16.5. The second kappa shape index (κ2) is 4.65. The number of methoxy groups -OCH3 is 1. The lowest BCUT2D eigenvalue weighted by Crippen LogP contribution is -2.36. The van der Waals surface area contributed by atoms with Crippen LogP contribution in [0.15, 0.2) is 29.8 Å². The van der Waals surface area contributed by atoms with Crippen molar-refractivity contribution in [2.75, 3.05) is 7.11 Å². The summed E-state index contributed by atoms with van der Waals surface area (Å²) in [4.78, 5) is 40.7. The lowest BCUT2D eigenvalue weighted by molar-refractivity contribution is -0.150. The number of aromatic nitrogens is 1. The van der Waals surface area contributed by atoms with Crippen LogP contribution in [0.2, 0.25) is 0 Å². The summed E-state index contributed by atoms with van der Waals surface area (Å²) in [6.07, 6.45) is 0.506. The molecule has 1 aromatic heterocycles. The van der Waals surface area contributed by atoms with E-state index in [0.29, 0.717) is 12.0 Å². The van der Waals surface area contributed by atoms with E-state index in [1.54, 1.807) is 0 Å². The summed E-state index contributed by atoms with van der Waals surface area (Å²) < 4.78 is 4.74. The first-order valence-electron chi connectivity index (χ1n) is 7.55. The molecule has 0 fully saturated rings. The van der Waals surface area contributed by atoms with Crippen LogP contribution < -0.4 is 0 Å². The van der Waals surface area contributed by atoms with Crippen LogP contribution in [0.5, 0.6) is 0 Å². The fraction of sp³-hybridized carbons (Fsp3) is 0.278. The molecule has 2 aliphatic carbocycles. The normalized spacial score (nSPS) is 23.2. The molecule has 1 aromatic carbocycles. The van der Waals surface area contributed by atoms with Crippen molar-refractivity contribution in [3.8, 4) is 0 Å². The van der Waals surface area contributed by atoms with Crippen molar-refractivity contribution >= 4 is 34.0 Å². The van der Waals surface area contributed by atoms with Crippen molar-refractivity contribution in [3.05, 3.63) is 41.1 Å². The van der Waals surface area contributed by atoms with E-state index in [4.69, 9.17) is 4.74 Å². The third-order valence-corrected chi connectivity index (χ3v) is 4.84. The molecule has 0 spiro atoms. The first-order valence-corrected chi connectivity index (χ1v) is 7.55. The second-order valence-electron chi connectivity index (χ2n) is 6.15. The maximum absolute atomic E-state index is 12.8. The van der Waals surface area contributed by atoms with Gasteiger partial charge in [-0.15, -0.1) is 0 Å². The van der Waals surface area contributed by atoms with Gasteiger partial charge >= 0.3 is 5.97 Å².